The summed E-state index contributed by atoms with van der Waals surface area (Å²) in [5.41, 5.74) is 0.954. The second-order valence-corrected chi connectivity index (χ2v) is 4.38. The van der Waals surface area contributed by atoms with E-state index in [-0.39, 0.29) is 18.3 Å². The predicted molar refractivity (Wildman–Crippen MR) is 66.1 cm³/mol. The highest BCUT2D eigenvalue weighted by Gasteiger charge is 2.11. The summed E-state index contributed by atoms with van der Waals surface area (Å²) < 4.78 is 5.42. The molecule has 0 saturated carbocycles. The number of halogens is 1. The Labute approximate surface area is 102 Å². The van der Waals surface area contributed by atoms with E-state index in [1.807, 2.05) is 26.8 Å². The summed E-state index contributed by atoms with van der Waals surface area (Å²) in [6.45, 7) is 5.95. The molecule has 1 atom stereocenters. The Morgan fingerprint density at radius 1 is 1.50 bits per heavy atom. The fourth-order valence-corrected chi connectivity index (χ4v) is 1.35. The maximum absolute atomic E-state index is 11.5. The number of carbonyl (C=O) groups is 1. The average molecular weight is 241 g/mol. The summed E-state index contributed by atoms with van der Waals surface area (Å²) >= 11 is 5.89. The standard InChI is InChI=1S/C13H17ClO2/c1-4-9(2)13(15)8-16-11-5-6-12(14)10(3)7-11/h5-7,9H,4,8H2,1-3H3. The number of ketones is 1. The van der Waals surface area contributed by atoms with Crippen molar-refractivity contribution in [3.8, 4) is 5.75 Å². The highest BCUT2D eigenvalue weighted by Crippen LogP contribution is 2.21. The molecule has 0 radical (unpaired) electrons. The minimum Gasteiger partial charge on any atom is -0.486 e. The number of ether oxygens (including phenoxy) is 1. The van der Waals surface area contributed by atoms with Crippen LogP contribution in [0, 0.1) is 12.8 Å². The van der Waals surface area contributed by atoms with Gasteiger partial charge in [-0.15, -0.1) is 0 Å². The first-order valence-corrected chi connectivity index (χ1v) is 5.84. The smallest absolute Gasteiger partial charge is 0.172 e. The first kappa shape index (κ1) is 13.0. The molecule has 0 spiro atoms. The van der Waals surface area contributed by atoms with E-state index in [1.165, 1.54) is 0 Å². The lowest BCUT2D eigenvalue weighted by Gasteiger charge is -2.10. The molecule has 1 unspecified atom stereocenters. The number of hydrogen-bond donors (Lipinski definition) is 0. The van der Waals surface area contributed by atoms with Crippen molar-refractivity contribution in [1.29, 1.82) is 0 Å². The maximum Gasteiger partial charge on any atom is 0.172 e. The van der Waals surface area contributed by atoms with Gasteiger partial charge in [0.1, 0.15) is 12.4 Å². The lowest BCUT2D eigenvalue weighted by atomic mass is 10.0. The number of aryl methyl sites for hydroxylation is 1. The monoisotopic (exact) mass is 240 g/mol. The Hall–Kier alpha value is -1.02. The van der Waals surface area contributed by atoms with Crippen LogP contribution in [0.25, 0.3) is 0 Å². The highest BCUT2D eigenvalue weighted by molar-refractivity contribution is 6.31. The quantitative estimate of drug-likeness (QED) is 0.786. The first-order valence-electron chi connectivity index (χ1n) is 5.46. The molecule has 3 heteroatoms. The molecule has 0 heterocycles. The summed E-state index contributed by atoms with van der Waals surface area (Å²) in [7, 11) is 0. The minimum absolute atomic E-state index is 0.0633. The van der Waals surface area contributed by atoms with E-state index in [9.17, 15) is 4.79 Å². The lowest BCUT2D eigenvalue weighted by molar-refractivity contribution is -0.124. The van der Waals surface area contributed by atoms with Crippen molar-refractivity contribution in [2.45, 2.75) is 27.2 Å². The Morgan fingerprint density at radius 2 is 2.19 bits per heavy atom. The second kappa shape index (κ2) is 5.90. The molecule has 0 aliphatic carbocycles. The van der Waals surface area contributed by atoms with E-state index in [0.29, 0.717) is 10.8 Å². The van der Waals surface area contributed by atoms with Crippen LogP contribution >= 0.6 is 11.6 Å². The molecule has 0 N–H and O–H groups in total. The van der Waals surface area contributed by atoms with Crippen molar-refractivity contribution in [2.75, 3.05) is 6.61 Å². The molecule has 88 valence electrons. The summed E-state index contributed by atoms with van der Waals surface area (Å²) in [6, 6.07) is 5.39. The van der Waals surface area contributed by atoms with E-state index < -0.39 is 0 Å². The van der Waals surface area contributed by atoms with Gasteiger partial charge in [0.05, 0.1) is 0 Å². The van der Waals surface area contributed by atoms with Gasteiger partial charge in [-0.05, 0) is 37.1 Å². The van der Waals surface area contributed by atoms with Crippen LogP contribution in [-0.2, 0) is 4.79 Å². The highest BCUT2D eigenvalue weighted by atomic mass is 35.5. The zero-order chi connectivity index (χ0) is 12.1. The van der Waals surface area contributed by atoms with Crippen LogP contribution in [0.1, 0.15) is 25.8 Å². The topological polar surface area (TPSA) is 26.3 Å². The second-order valence-electron chi connectivity index (χ2n) is 3.98. The van der Waals surface area contributed by atoms with Gasteiger partial charge in [0.15, 0.2) is 5.78 Å². The Kier molecular flexibility index (Phi) is 4.81. The molecule has 0 bridgehead atoms. The molecule has 0 saturated heterocycles. The van der Waals surface area contributed by atoms with Gasteiger partial charge >= 0.3 is 0 Å². The van der Waals surface area contributed by atoms with Gasteiger partial charge in [0.2, 0.25) is 0 Å². The Balaban J connectivity index is 2.55. The SMILES string of the molecule is CCC(C)C(=O)COc1ccc(Cl)c(C)c1. The fourth-order valence-electron chi connectivity index (χ4n) is 1.23. The molecule has 0 fully saturated rings. The zero-order valence-electron chi connectivity index (χ0n) is 9.92. The van der Waals surface area contributed by atoms with Gasteiger partial charge in [0.25, 0.3) is 0 Å². The molecular weight excluding hydrogens is 224 g/mol. The number of hydrogen-bond acceptors (Lipinski definition) is 2. The lowest BCUT2D eigenvalue weighted by Crippen LogP contribution is -2.18. The molecule has 0 aromatic heterocycles. The van der Waals surface area contributed by atoms with Gasteiger partial charge in [-0.25, -0.2) is 0 Å². The van der Waals surface area contributed by atoms with E-state index in [0.717, 1.165) is 12.0 Å². The summed E-state index contributed by atoms with van der Waals surface area (Å²) in [4.78, 5) is 11.5. The van der Waals surface area contributed by atoms with Gasteiger partial charge in [-0.1, -0.05) is 25.4 Å². The molecular formula is C13H17ClO2. The number of benzene rings is 1. The van der Waals surface area contributed by atoms with Crippen LogP contribution in [0.15, 0.2) is 18.2 Å². The van der Waals surface area contributed by atoms with Gasteiger partial charge in [-0.2, -0.15) is 0 Å². The third-order valence-corrected chi connectivity index (χ3v) is 3.10. The summed E-state index contributed by atoms with van der Waals surface area (Å²) in [5.74, 6) is 0.891. The van der Waals surface area contributed by atoms with Crippen LogP contribution in [0.5, 0.6) is 5.75 Å². The van der Waals surface area contributed by atoms with Crippen molar-refractivity contribution < 1.29 is 9.53 Å². The molecule has 1 aromatic rings. The third-order valence-electron chi connectivity index (χ3n) is 2.67. The minimum atomic E-state index is 0.0633. The molecule has 0 aliphatic rings. The van der Waals surface area contributed by atoms with Gasteiger partial charge in [0, 0.05) is 10.9 Å². The van der Waals surface area contributed by atoms with Crippen LogP contribution < -0.4 is 4.74 Å². The molecule has 1 rings (SSSR count). The number of rotatable bonds is 5. The number of carbonyl (C=O) groups excluding carboxylic acids is 1. The summed E-state index contributed by atoms with van der Waals surface area (Å²) in [6.07, 6.45) is 0.849. The molecule has 2 nitrogen and oxygen atoms in total. The van der Waals surface area contributed by atoms with Crippen molar-refractivity contribution in [3.05, 3.63) is 28.8 Å². The third kappa shape index (κ3) is 3.53. The van der Waals surface area contributed by atoms with Crippen LogP contribution in [-0.4, -0.2) is 12.4 Å². The Morgan fingerprint density at radius 3 is 2.75 bits per heavy atom. The fraction of sp³-hybridized carbons (Fsp3) is 0.462. The average Bonchev–Trinajstić information content (AvgIpc) is 2.29. The molecule has 0 amide bonds. The van der Waals surface area contributed by atoms with E-state index >= 15 is 0 Å². The maximum atomic E-state index is 11.5. The van der Waals surface area contributed by atoms with Crippen molar-refractivity contribution in [3.63, 3.8) is 0 Å². The largest absolute Gasteiger partial charge is 0.486 e. The van der Waals surface area contributed by atoms with E-state index in [1.54, 1.807) is 12.1 Å². The normalized spacial score (nSPS) is 12.2. The van der Waals surface area contributed by atoms with Gasteiger partial charge in [-0.3, -0.25) is 4.79 Å². The molecule has 1 aromatic carbocycles. The Bertz CT molecular complexity index is 374. The van der Waals surface area contributed by atoms with Gasteiger partial charge < -0.3 is 4.74 Å². The predicted octanol–water partition coefficient (Wildman–Crippen LogP) is 3.64. The van der Waals surface area contributed by atoms with Crippen LogP contribution in [0.4, 0.5) is 0 Å². The van der Waals surface area contributed by atoms with E-state index in [2.05, 4.69) is 0 Å². The van der Waals surface area contributed by atoms with Crippen LogP contribution in [0.2, 0.25) is 5.02 Å². The number of Topliss-reactive ketones (excluding diaryl/α,β-unsaturated/α-hetero) is 1. The van der Waals surface area contributed by atoms with Crippen molar-refractivity contribution in [1.82, 2.24) is 0 Å². The van der Waals surface area contributed by atoms with Crippen LogP contribution in [0.3, 0.4) is 0 Å². The molecule has 16 heavy (non-hydrogen) atoms. The van der Waals surface area contributed by atoms with Crippen molar-refractivity contribution >= 4 is 17.4 Å². The first-order chi connectivity index (χ1) is 7.54. The van der Waals surface area contributed by atoms with E-state index in [4.69, 9.17) is 16.3 Å². The zero-order valence-corrected chi connectivity index (χ0v) is 10.7. The molecule has 0 aliphatic heterocycles. The summed E-state index contributed by atoms with van der Waals surface area (Å²) in [5, 5.41) is 0.709. The van der Waals surface area contributed by atoms with Crippen molar-refractivity contribution in [2.24, 2.45) is 5.92 Å².